The molecule has 1 N–H and O–H groups in total. The van der Waals surface area contributed by atoms with E-state index in [0.29, 0.717) is 48.6 Å². The second-order valence-corrected chi connectivity index (χ2v) is 8.85. The van der Waals surface area contributed by atoms with Gasteiger partial charge in [0, 0.05) is 18.5 Å². The van der Waals surface area contributed by atoms with Crippen LogP contribution in [0.5, 0.6) is 5.75 Å². The fraction of sp³-hybridized carbons (Fsp3) is 0.423. The number of ether oxygens (including phenoxy) is 2. The number of rotatable bonds is 8. The lowest BCUT2D eigenvalue weighted by atomic mass is 9.85. The SMILES string of the molecule is COc1ccc(C(=O)C2C(=O)C(=O)N(CCC[NH+]3CCOCC3)C2c2ccc(F)cc2)c(C)c1. The van der Waals surface area contributed by atoms with Crippen LogP contribution in [0.1, 0.15) is 33.9 Å². The van der Waals surface area contributed by atoms with Crippen molar-refractivity contribution < 1.29 is 33.1 Å². The number of aryl methyl sites for hydroxylation is 1. The summed E-state index contributed by atoms with van der Waals surface area (Å²) < 4.78 is 24.3. The first kappa shape index (κ1) is 24.0. The Morgan fingerprint density at radius 3 is 2.50 bits per heavy atom. The number of hydrogen-bond acceptors (Lipinski definition) is 5. The van der Waals surface area contributed by atoms with Gasteiger partial charge in [-0.25, -0.2) is 4.39 Å². The number of carbonyl (C=O) groups excluding carboxylic acids is 3. The van der Waals surface area contributed by atoms with Crippen LogP contribution in [0.2, 0.25) is 0 Å². The number of likely N-dealkylation sites (tertiary alicyclic amines) is 1. The lowest BCUT2D eigenvalue weighted by Gasteiger charge is -2.29. The summed E-state index contributed by atoms with van der Waals surface area (Å²) in [5.41, 5.74) is 1.61. The zero-order valence-electron chi connectivity index (χ0n) is 19.5. The van der Waals surface area contributed by atoms with Crippen LogP contribution in [-0.4, -0.2) is 68.9 Å². The highest BCUT2D eigenvalue weighted by Crippen LogP contribution is 2.39. The molecule has 0 spiro atoms. The molecular weight excluding hydrogens is 439 g/mol. The molecule has 2 aromatic carbocycles. The number of nitrogens with zero attached hydrogens (tertiary/aromatic N) is 1. The number of benzene rings is 2. The van der Waals surface area contributed by atoms with E-state index in [0.717, 1.165) is 19.6 Å². The molecule has 34 heavy (non-hydrogen) atoms. The predicted octanol–water partition coefficient (Wildman–Crippen LogP) is 1.40. The average Bonchev–Trinajstić information content (AvgIpc) is 3.09. The van der Waals surface area contributed by atoms with Crippen LogP contribution in [-0.2, 0) is 14.3 Å². The van der Waals surface area contributed by atoms with E-state index in [-0.39, 0.29) is 0 Å². The molecule has 2 aromatic rings. The number of quaternary nitrogens is 1. The number of halogens is 1. The van der Waals surface area contributed by atoms with E-state index >= 15 is 0 Å². The van der Waals surface area contributed by atoms with Gasteiger partial charge in [-0.2, -0.15) is 0 Å². The van der Waals surface area contributed by atoms with Gasteiger partial charge in [0.25, 0.3) is 5.91 Å². The van der Waals surface area contributed by atoms with Gasteiger partial charge in [-0.1, -0.05) is 12.1 Å². The summed E-state index contributed by atoms with van der Waals surface area (Å²) in [6, 6.07) is 9.93. The minimum absolute atomic E-state index is 0.350. The molecule has 0 aromatic heterocycles. The predicted molar refractivity (Wildman–Crippen MR) is 122 cm³/mol. The lowest BCUT2D eigenvalue weighted by Crippen LogP contribution is -3.14. The monoisotopic (exact) mass is 469 g/mol. The van der Waals surface area contributed by atoms with Crippen molar-refractivity contribution in [1.82, 2.24) is 4.90 Å². The minimum Gasteiger partial charge on any atom is -0.497 e. The fourth-order valence-corrected chi connectivity index (χ4v) is 4.88. The molecule has 1 amide bonds. The summed E-state index contributed by atoms with van der Waals surface area (Å²) in [6.45, 7) is 6.21. The number of morpholine rings is 1. The van der Waals surface area contributed by atoms with Crippen molar-refractivity contribution in [2.45, 2.75) is 19.4 Å². The Hall–Kier alpha value is -3.10. The molecule has 0 bridgehead atoms. The molecule has 4 rings (SSSR count). The summed E-state index contributed by atoms with van der Waals surface area (Å²) in [5.74, 6) is -2.78. The van der Waals surface area contributed by atoms with E-state index in [2.05, 4.69) is 0 Å². The van der Waals surface area contributed by atoms with Crippen LogP contribution in [0.3, 0.4) is 0 Å². The molecule has 0 saturated carbocycles. The van der Waals surface area contributed by atoms with Crippen molar-refractivity contribution >= 4 is 17.5 Å². The summed E-state index contributed by atoms with van der Waals surface area (Å²) >= 11 is 0. The van der Waals surface area contributed by atoms with Gasteiger partial charge >= 0.3 is 0 Å². The third-order valence-electron chi connectivity index (χ3n) is 6.73. The standard InChI is InChI=1S/C26H29FN2O5/c1-17-16-20(33-2)8-9-21(17)24(30)22-23(18-4-6-19(27)7-5-18)29(26(32)25(22)31)11-3-10-28-12-14-34-15-13-28/h4-9,16,22-23H,3,10-15H2,1-2H3/p+1. The smallest absolute Gasteiger partial charge is 0.291 e. The fourth-order valence-electron chi connectivity index (χ4n) is 4.88. The Bertz CT molecular complexity index is 1070. The van der Waals surface area contributed by atoms with E-state index in [4.69, 9.17) is 9.47 Å². The number of methoxy groups -OCH3 is 1. The van der Waals surface area contributed by atoms with Gasteiger partial charge in [0.2, 0.25) is 5.78 Å². The van der Waals surface area contributed by atoms with E-state index < -0.39 is 35.3 Å². The van der Waals surface area contributed by atoms with Crippen LogP contribution in [0, 0.1) is 18.7 Å². The number of ketones is 2. The van der Waals surface area contributed by atoms with Crippen molar-refractivity contribution in [2.24, 2.45) is 5.92 Å². The second-order valence-electron chi connectivity index (χ2n) is 8.85. The second kappa shape index (κ2) is 10.4. The van der Waals surface area contributed by atoms with Crippen LogP contribution in [0.15, 0.2) is 42.5 Å². The van der Waals surface area contributed by atoms with Gasteiger partial charge < -0.3 is 19.3 Å². The number of nitrogens with one attached hydrogen (secondary N) is 1. The molecular formula is C26H30FN2O5+. The number of carbonyl (C=O) groups is 3. The van der Waals surface area contributed by atoms with Crippen molar-refractivity contribution in [3.05, 3.63) is 65.0 Å². The lowest BCUT2D eigenvalue weighted by molar-refractivity contribution is -0.908. The maximum atomic E-state index is 13.6. The van der Waals surface area contributed by atoms with Gasteiger partial charge in [-0.15, -0.1) is 0 Å². The Morgan fingerprint density at radius 1 is 1.15 bits per heavy atom. The Labute approximate surface area is 198 Å². The molecule has 8 heteroatoms. The largest absolute Gasteiger partial charge is 0.497 e. The topological polar surface area (TPSA) is 77.4 Å². The highest BCUT2D eigenvalue weighted by atomic mass is 19.1. The van der Waals surface area contributed by atoms with Gasteiger partial charge in [-0.05, 0) is 48.4 Å². The van der Waals surface area contributed by atoms with E-state index in [9.17, 15) is 18.8 Å². The molecule has 0 aliphatic carbocycles. The van der Waals surface area contributed by atoms with Crippen molar-refractivity contribution in [1.29, 1.82) is 0 Å². The first-order chi connectivity index (χ1) is 16.4. The molecule has 180 valence electrons. The van der Waals surface area contributed by atoms with Gasteiger partial charge in [0.1, 0.15) is 30.6 Å². The molecule has 2 fully saturated rings. The van der Waals surface area contributed by atoms with Crippen molar-refractivity contribution in [3.8, 4) is 5.75 Å². The summed E-state index contributed by atoms with van der Waals surface area (Å²) in [5, 5.41) is 0. The zero-order valence-corrected chi connectivity index (χ0v) is 19.5. The summed E-state index contributed by atoms with van der Waals surface area (Å²) in [7, 11) is 1.54. The Balaban J connectivity index is 1.62. The van der Waals surface area contributed by atoms with E-state index in [1.54, 1.807) is 37.3 Å². The molecule has 2 unspecified atom stereocenters. The molecule has 0 radical (unpaired) electrons. The highest BCUT2D eigenvalue weighted by molar-refractivity contribution is 6.44. The zero-order chi connectivity index (χ0) is 24.2. The average molecular weight is 470 g/mol. The van der Waals surface area contributed by atoms with Crippen molar-refractivity contribution in [3.63, 3.8) is 0 Å². The Morgan fingerprint density at radius 2 is 1.85 bits per heavy atom. The maximum Gasteiger partial charge on any atom is 0.291 e. The summed E-state index contributed by atoms with van der Waals surface area (Å²) in [4.78, 5) is 42.7. The van der Waals surface area contributed by atoms with Gasteiger partial charge in [-0.3, -0.25) is 14.4 Å². The maximum absolute atomic E-state index is 13.6. The number of amides is 1. The van der Waals surface area contributed by atoms with Crippen LogP contribution in [0.4, 0.5) is 4.39 Å². The van der Waals surface area contributed by atoms with Gasteiger partial charge in [0.15, 0.2) is 5.78 Å². The first-order valence-electron chi connectivity index (χ1n) is 11.6. The van der Waals surface area contributed by atoms with Crippen LogP contribution in [0.25, 0.3) is 0 Å². The Kier molecular flexibility index (Phi) is 7.38. The third-order valence-corrected chi connectivity index (χ3v) is 6.73. The number of Topliss-reactive ketones (excluding diaryl/α,β-unsaturated/α-hetero) is 2. The van der Waals surface area contributed by atoms with E-state index in [1.165, 1.54) is 29.0 Å². The third kappa shape index (κ3) is 4.88. The molecule has 2 atom stereocenters. The molecule has 7 nitrogen and oxygen atoms in total. The van der Waals surface area contributed by atoms with Crippen LogP contribution < -0.4 is 9.64 Å². The van der Waals surface area contributed by atoms with Gasteiger partial charge in [0.05, 0.1) is 32.9 Å². The summed E-state index contributed by atoms with van der Waals surface area (Å²) in [6.07, 6.45) is 0.689. The van der Waals surface area contributed by atoms with Crippen molar-refractivity contribution in [2.75, 3.05) is 46.5 Å². The molecule has 2 saturated heterocycles. The highest BCUT2D eigenvalue weighted by Gasteiger charge is 2.51. The minimum atomic E-state index is -1.18. The molecule has 2 aliphatic rings. The molecule has 2 aliphatic heterocycles. The quantitative estimate of drug-likeness (QED) is 0.359. The molecule has 2 heterocycles. The normalized spacial score (nSPS) is 21.2. The van der Waals surface area contributed by atoms with E-state index in [1.807, 2.05) is 0 Å². The first-order valence-corrected chi connectivity index (χ1v) is 11.6. The number of hydrogen-bond donors (Lipinski definition) is 1. The van der Waals surface area contributed by atoms with Crippen LogP contribution >= 0.6 is 0 Å².